The zero-order valence-corrected chi connectivity index (χ0v) is 20.4. The number of benzene rings is 3. The van der Waals surface area contributed by atoms with Gasteiger partial charge in [0, 0.05) is 37.6 Å². The number of piperazine rings is 1. The van der Waals surface area contributed by atoms with Gasteiger partial charge in [0.1, 0.15) is 5.70 Å². The first kappa shape index (κ1) is 22.9. The van der Waals surface area contributed by atoms with Gasteiger partial charge in [-0.25, -0.2) is 4.90 Å². The minimum absolute atomic E-state index is 0.299. The van der Waals surface area contributed by atoms with Crippen LogP contribution in [0.1, 0.15) is 16.7 Å². The maximum atomic E-state index is 13.6. The number of carbonyl (C=O) groups excluding carboxylic acids is 2. The van der Waals surface area contributed by atoms with E-state index in [-0.39, 0.29) is 11.8 Å². The molecular formula is C29H30N4O2. The van der Waals surface area contributed by atoms with Gasteiger partial charge in [-0.05, 0) is 74.0 Å². The second-order valence-electron chi connectivity index (χ2n) is 9.37. The SMILES string of the molecule is Cc1cc(C)cc(N2C(=O)C(Nc3ccc(N4CCN(C)CC4)cc3)=C(c3ccccc3)C2=O)c1. The molecule has 0 spiro atoms. The summed E-state index contributed by atoms with van der Waals surface area (Å²) in [6.07, 6.45) is 0. The van der Waals surface area contributed by atoms with Crippen molar-refractivity contribution in [1.82, 2.24) is 4.90 Å². The molecule has 0 saturated carbocycles. The predicted octanol–water partition coefficient (Wildman–Crippen LogP) is 4.45. The highest BCUT2D eigenvalue weighted by atomic mass is 16.2. The molecule has 1 N–H and O–H groups in total. The fourth-order valence-electron chi connectivity index (χ4n) is 4.80. The fraction of sp³-hybridized carbons (Fsp3) is 0.241. The quantitative estimate of drug-likeness (QED) is 0.563. The van der Waals surface area contributed by atoms with E-state index in [4.69, 9.17) is 0 Å². The summed E-state index contributed by atoms with van der Waals surface area (Å²) in [5, 5.41) is 3.28. The minimum atomic E-state index is -0.345. The molecule has 5 rings (SSSR count). The highest BCUT2D eigenvalue weighted by molar-refractivity contribution is 6.46. The molecule has 2 heterocycles. The molecule has 3 aromatic carbocycles. The van der Waals surface area contributed by atoms with Crippen LogP contribution in [0.2, 0.25) is 0 Å². The number of amides is 2. The number of nitrogens with zero attached hydrogens (tertiary/aromatic N) is 3. The summed E-state index contributed by atoms with van der Waals surface area (Å²) in [6.45, 7) is 7.99. The van der Waals surface area contributed by atoms with Gasteiger partial charge in [0.25, 0.3) is 11.8 Å². The van der Waals surface area contributed by atoms with Crippen LogP contribution in [0.15, 0.2) is 78.5 Å². The largest absolute Gasteiger partial charge is 0.369 e. The topological polar surface area (TPSA) is 55.9 Å². The van der Waals surface area contributed by atoms with E-state index in [0.717, 1.165) is 48.7 Å². The lowest BCUT2D eigenvalue weighted by Gasteiger charge is -2.34. The lowest BCUT2D eigenvalue weighted by molar-refractivity contribution is -0.120. The zero-order chi connectivity index (χ0) is 24.5. The second-order valence-corrected chi connectivity index (χ2v) is 9.37. The van der Waals surface area contributed by atoms with Crippen LogP contribution < -0.4 is 15.1 Å². The Morgan fingerprint density at radius 2 is 1.34 bits per heavy atom. The fourth-order valence-corrected chi connectivity index (χ4v) is 4.80. The van der Waals surface area contributed by atoms with Crippen molar-refractivity contribution < 1.29 is 9.59 Å². The summed E-state index contributed by atoms with van der Waals surface area (Å²) in [5.41, 5.74) is 5.93. The summed E-state index contributed by atoms with van der Waals surface area (Å²) in [7, 11) is 2.14. The van der Waals surface area contributed by atoms with Gasteiger partial charge in [0.05, 0.1) is 11.3 Å². The van der Waals surface area contributed by atoms with Gasteiger partial charge in [0.2, 0.25) is 0 Å². The number of hydrogen-bond donors (Lipinski definition) is 1. The van der Waals surface area contributed by atoms with Crippen molar-refractivity contribution >= 4 is 34.4 Å². The number of aryl methyl sites for hydroxylation is 2. The molecule has 2 aliphatic rings. The normalized spacial score (nSPS) is 16.9. The Morgan fingerprint density at radius 3 is 1.97 bits per heavy atom. The van der Waals surface area contributed by atoms with Crippen molar-refractivity contribution in [3.63, 3.8) is 0 Å². The Bertz CT molecular complexity index is 1270. The third-order valence-electron chi connectivity index (χ3n) is 6.62. The standard InChI is InChI=1S/C29H30N4O2/c1-20-17-21(2)19-25(18-20)33-28(34)26(22-7-5-4-6-8-22)27(29(33)35)30-23-9-11-24(12-10-23)32-15-13-31(3)14-16-32/h4-12,17-19,30H,13-16H2,1-3H3. The van der Waals surface area contributed by atoms with Crippen molar-refractivity contribution in [3.05, 3.63) is 95.2 Å². The highest BCUT2D eigenvalue weighted by Gasteiger charge is 2.40. The van der Waals surface area contributed by atoms with Gasteiger partial charge in [-0.2, -0.15) is 0 Å². The number of nitrogens with one attached hydrogen (secondary N) is 1. The van der Waals surface area contributed by atoms with Gasteiger partial charge < -0.3 is 15.1 Å². The van der Waals surface area contributed by atoms with Gasteiger partial charge in [-0.15, -0.1) is 0 Å². The van der Waals surface area contributed by atoms with Crippen LogP contribution in [0.3, 0.4) is 0 Å². The first-order chi connectivity index (χ1) is 16.9. The van der Waals surface area contributed by atoms with E-state index in [1.54, 1.807) is 0 Å². The first-order valence-corrected chi connectivity index (χ1v) is 12.0. The molecule has 1 fully saturated rings. The van der Waals surface area contributed by atoms with E-state index in [1.807, 2.05) is 74.5 Å². The third-order valence-corrected chi connectivity index (χ3v) is 6.62. The van der Waals surface area contributed by atoms with Crippen LogP contribution in [0.5, 0.6) is 0 Å². The molecule has 0 bridgehead atoms. The van der Waals surface area contributed by atoms with Crippen LogP contribution in [0, 0.1) is 13.8 Å². The molecule has 0 aromatic heterocycles. The lowest BCUT2D eigenvalue weighted by atomic mass is 10.0. The number of anilines is 3. The van der Waals surface area contributed by atoms with Crippen LogP contribution >= 0.6 is 0 Å². The molecule has 0 unspecified atom stereocenters. The summed E-state index contributed by atoms with van der Waals surface area (Å²) in [4.78, 5) is 33.2. The molecule has 1 saturated heterocycles. The number of rotatable bonds is 5. The van der Waals surface area contributed by atoms with Crippen molar-refractivity contribution in [1.29, 1.82) is 0 Å². The number of hydrogen-bond acceptors (Lipinski definition) is 5. The maximum absolute atomic E-state index is 13.6. The van der Waals surface area contributed by atoms with Crippen LogP contribution in [-0.4, -0.2) is 49.9 Å². The van der Waals surface area contributed by atoms with Gasteiger partial charge in [-0.1, -0.05) is 36.4 Å². The average Bonchev–Trinajstić information content (AvgIpc) is 3.09. The molecule has 35 heavy (non-hydrogen) atoms. The highest BCUT2D eigenvalue weighted by Crippen LogP contribution is 2.34. The Balaban J connectivity index is 1.47. The molecule has 0 radical (unpaired) electrons. The first-order valence-electron chi connectivity index (χ1n) is 12.0. The van der Waals surface area contributed by atoms with E-state index < -0.39 is 0 Å². The van der Waals surface area contributed by atoms with E-state index in [1.165, 1.54) is 4.90 Å². The third kappa shape index (κ3) is 4.57. The molecule has 2 aliphatic heterocycles. The molecule has 6 heteroatoms. The lowest BCUT2D eigenvalue weighted by Crippen LogP contribution is -2.44. The zero-order valence-electron chi connectivity index (χ0n) is 20.4. The Kier molecular flexibility index (Phi) is 6.14. The van der Waals surface area contributed by atoms with Crippen molar-refractivity contribution in [2.75, 3.05) is 48.3 Å². The van der Waals surface area contributed by atoms with E-state index in [2.05, 4.69) is 34.3 Å². The van der Waals surface area contributed by atoms with E-state index >= 15 is 0 Å². The van der Waals surface area contributed by atoms with Crippen molar-refractivity contribution in [2.24, 2.45) is 0 Å². The van der Waals surface area contributed by atoms with Crippen molar-refractivity contribution in [3.8, 4) is 0 Å². The average molecular weight is 467 g/mol. The summed E-state index contributed by atoms with van der Waals surface area (Å²) < 4.78 is 0. The molecular weight excluding hydrogens is 436 g/mol. The molecule has 0 aliphatic carbocycles. The smallest absolute Gasteiger partial charge is 0.282 e. The number of likely N-dealkylation sites (N-methyl/N-ethyl adjacent to an activating group) is 1. The Labute approximate surface area is 206 Å². The van der Waals surface area contributed by atoms with E-state index in [0.29, 0.717) is 22.5 Å². The molecule has 3 aromatic rings. The maximum Gasteiger partial charge on any atom is 0.282 e. The molecule has 2 amide bonds. The van der Waals surface area contributed by atoms with E-state index in [9.17, 15) is 9.59 Å². The Hall–Kier alpha value is -3.90. The van der Waals surface area contributed by atoms with Gasteiger partial charge in [0.15, 0.2) is 0 Å². The van der Waals surface area contributed by atoms with Gasteiger partial charge >= 0.3 is 0 Å². The predicted molar refractivity (Wildman–Crippen MR) is 142 cm³/mol. The summed E-state index contributed by atoms with van der Waals surface area (Å²) in [5.74, 6) is -0.662. The van der Waals surface area contributed by atoms with Crippen LogP contribution in [0.4, 0.5) is 17.1 Å². The monoisotopic (exact) mass is 466 g/mol. The summed E-state index contributed by atoms with van der Waals surface area (Å²) >= 11 is 0. The molecule has 178 valence electrons. The Morgan fingerprint density at radius 1 is 0.714 bits per heavy atom. The van der Waals surface area contributed by atoms with Crippen LogP contribution in [-0.2, 0) is 9.59 Å². The van der Waals surface area contributed by atoms with Gasteiger partial charge in [-0.3, -0.25) is 9.59 Å². The van der Waals surface area contributed by atoms with Crippen LogP contribution in [0.25, 0.3) is 5.57 Å². The second kappa shape index (κ2) is 9.39. The van der Waals surface area contributed by atoms with Crippen molar-refractivity contribution in [2.45, 2.75) is 13.8 Å². The molecule has 0 atom stereocenters. The molecule has 6 nitrogen and oxygen atoms in total. The number of carbonyl (C=O) groups is 2. The summed E-state index contributed by atoms with van der Waals surface area (Å²) in [6, 6.07) is 23.2. The number of imide groups is 1. The minimum Gasteiger partial charge on any atom is -0.369 e.